The zero-order chi connectivity index (χ0) is 14.8. The predicted molar refractivity (Wildman–Crippen MR) is 86.9 cm³/mol. The Kier molecular flexibility index (Phi) is 3.66. The maximum Gasteiger partial charge on any atom is 0.227 e. The third kappa shape index (κ3) is 2.64. The van der Waals surface area contributed by atoms with Crippen LogP contribution < -0.4 is 15.2 Å². The van der Waals surface area contributed by atoms with Gasteiger partial charge >= 0.3 is 0 Å². The van der Waals surface area contributed by atoms with Gasteiger partial charge in [0.05, 0.1) is 12.8 Å². The molecule has 3 rings (SSSR count). The van der Waals surface area contributed by atoms with Crippen LogP contribution in [0, 0.1) is 0 Å². The number of anilines is 1. The van der Waals surface area contributed by atoms with Crippen molar-refractivity contribution in [3.8, 4) is 17.4 Å². The monoisotopic (exact) mass is 344 g/mol. The zero-order valence-corrected chi connectivity index (χ0v) is 12.9. The van der Waals surface area contributed by atoms with E-state index in [1.165, 1.54) is 0 Å². The molecule has 4 nitrogen and oxygen atoms in total. The summed E-state index contributed by atoms with van der Waals surface area (Å²) in [6, 6.07) is 13.1. The van der Waals surface area contributed by atoms with Crippen molar-refractivity contribution in [2.24, 2.45) is 0 Å². The Balaban J connectivity index is 2.04. The molecule has 0 radical (unpaired) electrons. The Hall–Kier alpha value is -2.27. The fraction of sp³-hybridized carbons (Fsp3) is 0.0625. The van der Waals surface area contributed by atoms with Crippen LogP contribution in [-0.4, -0.2) is 12.1 Å². The number of benzene rings is 2. The molecule has 106 valence electrons. The zero-order valence-electron chi connectivity index (χ0n) is 11.3. The number of nitrogen functional groups attached to an aromatic ring is 1. The van der Waals surface area contributed by atoms with Crippen molar-refractivity contribution >= 4 is 32.4 Å². The van der Waals surface area contributed by atoms with E-state index in [1.54, 1.807) is 31.5 Å². The molecule has 2 aromatic carbocycles. The number of pyridine rings is 1. The van der Waals surface area contributed by atoms with E-state index in [0.717, 1.165) is 15.2 Å². The van der Waals surface area contributed by atoms with Crippen molar-refractivity contribution in [2.75, 3.05) is 12.8 Å². The van der Waals surface area contributed by atoms with Gasteiger partial charge in [-0.3, -0.25) is 0 Å². The number of nitrogens with zero attached hydrogens (tertiary/aromatic N) is 1. The third-order valence-electron chi connectivity index (χ3n) is 3.14. The minimum atomic E-state index is 0.503. The SMILES string of the molecule is COc1ccc(Oc2nccc3c(Br)cccc23)c(N)c1. The van der Waals surface area contributed by atoms with Gasteiger partial charge in [-0.25, -0.2) is 4.98 Å². The van der Waals surface area contributed by atoms with Crippen molar-refractivity contribution in [3.05, 3.63) is 53.1 Å². The van der Waals surface area contributed by atoms with Gasteiger partial charge in [-0.15, -0.1) is 0 Å². The van der Waals surface area contributed by atoms with E-state index >= 15 is 0 Å². The van der Waals surface area contributed by atoms with E-state index in [2.05, 4.69) is 20.9 Å². The molecule has 0 aliphatic carbocycles. The summed E-state index contributed by atoms with van der Waals surface area (Å²) in [6.07, 6.45) is 1.71. The highest BCUT2D eigenvalue weighted by molar-refractivity contribution is 9.10. The molecule has 0 unspecified atom stereocenters. The number of hydrogen-bond donors (Lipinski definition) is 1. The molecule has 0 saturated carbocycles. The largest absolute Gasteiger partial charge is 0.497 e. The Labute approximate surface area is 130 Å². The first-order valence-electron chi connectivity index (χ1n) is 6.33. The summed E-state index contributed by atoms with van der Waals surface area (Å²) in [5, 5.41) is 1.96. The van der Waals surface area contributed by atoms with Crippen molar-refractivity contribution < 1.29 is 9.47 Å². The molecule has 0 bridgehead atoms. The van der Waals surface area contributed by atoms with Crippen LogP contribution in [-0.2, 0) is 0 Å². The first-order chi connectivity index (χ1) is 10.2. The second-order valence-electron chi connectivity index (χ2n) is 4.46. The number of rotatable bonds is 3. The molecule has 1 aromatic heterocycles. The highest BCUT2D eigenvalue weighted by Gasteiger charge is 2.09. The van der Waals surface area contributed by atoms with Gasteiger partial charge in [0, 0.05) is 27.5 Å². The Bertz CT molecular complexity index is 805. The molecule has 1 heterocycles. The van der Waals surface area contributed by atoms with E-state index in [4.69, 9.17) is 15.2 Å². The molecule has 5 heteroatoms. The lowest BCUT2D eigenvalue weighted by molar-refractivity contribution is 0.413. The van der Waals surface area contributed by atoms with Crippen LogP contribution in [0.25, 0.3) is 10.8 Å². The van der Waals surface area contributed by atoms with Crippen molar-refractivity contribution in [1.29, 1.82) is 0 Å². The second kappa shape index (κ2) is 5.61. The van der Waals surface area contributed by atoms with Crippen LogP contribution in [0.5, 0.6) is 17.4 Å². The fourth-order valence-corrected chi connectivity index (χ4v) is 2.57. The summed E-state index contributed by atoms with van der Waals surface area (Å²) in [4.78, 5) is 4.30. The smallest absolute Gasteiger partial charge is 0.227 e. The van der Waals surface area contributed by atoms with Gasteiger partial charge in [0.2, 0.25) is 5.88 Å². The molecule has 0 saturated heterocycles. The molecular weight excluding hydrogens is 332 g/mol. The molecule has 0 fully saturated rings. The Morgan fingerprint density at radius 2 is 1.95 bits per heavy atom. The highest BCUT2D eigenvalue weighted by atomic mass is 79.9. The number of fused-ring (bicyclic) bond motifs is 1. The van der Waals surface area contributed by atoms with Crippen LogP contribution in [0.1, 0.15) is 0 Å². The van der Waals surface area contributed by atoms with Crippen LogP contribution >= 0.6 is 15.9 Å². The molecule has 0 spiro atoms. The minimum absolute atomic E-state index is 0.503. The lowest BCUT2D eigenvalue weighted by atomic mass is 10.2. The van der Waals surface area contributed by atoms with E-state index in [-0.39, 0.29) is 0 Å². The number of aromatic nitrogens is 1. The lowest BCUT2D eigenvalue weighted by Gasteiger charge is -2.11. The van der Waals surface area contributed by atoms with Gasteiger partial charge in [0.15, 0.2) is 5.75 Å². The maximum atomic E-state index is 5.98. The van der Waals surface area contributed by atoms with E-state index in [1.807, 2.05) is 24.3 Å². The quantitative estimate of drug-likeness (QED) is 0.716. The average molecular weight is 345 g/mol. The van der Waals surface area contributed by atoms with E-state index in [0.29, 0.717) is 23.1 Å². The molecule has 0 aliphatic rings. The summed E-state index contributed by atoms with van der Waals surface area (Å²) in [7, 11) is 1.60. The summed E-state index contributed by atoms with van der Waals surface area (Å²) >= 11 is 3.53. The summed E-state index contributed by atoms with van der Waals surface area (Å²) in [5.74, 6) is 1.76. The first-order valence-corrected chi connectivity index (χ1v) is 7.13. The van der Waals surface area contributed by atoms with Crippen molar-refractivity contribution in [3.63, 3.8) is 0 Å². The molecule has 0 amide bonds. The van der Waals surface area contributed by atoms with Gasteiger partial charge < -0.3 is 15.2 Å². The molecular formula is C16H13BrN2O2. The number of methoxy groups -OCH3 is 1. The van der Waals surface area contributed by atoms with E-state index < -0.39 is 0 Å². The topological polar surface area (TPSA) is 57.4 Å². The Morgan fingerprint density at radius 1 is 1.10 bits per heavy atom. The molecule has 21 heavy (non-hydrogen) atoms. The lowest BCUT2D eigenvalue weighted by Crippen LogP contribution is -1.95. The first kappa shape index (κ1) is 13.7. The molecule has 3 aromatic rings. The maximum absolute atomic E-state index is 5.98. The number of ether oxygens (including phenoxy) is 2. The number of halogens is 1. The number of nitrogens with two attached hydrogens (primary N) is 1. The average Bonchev–Trinajstić information content (AvgIpc) is 2.50. The summed E-state index contributed by atoms with van der Waals surface area (Å²) in [6.45, 7) is 0. The van der Waals surface area contributed by atoms with E-state index in [9.17, 15) is 0 Å². The Morgan fingerprint density at radius 3 is 2.71 bits per heavy atom. The standard InChI is InChI=1S/C16H13BrN2O2/c1-20-10-5-6-15(14(18)9-10)21-16-12-3-2-4-13(17)11(12)7-8-19-16/h2-9H,18H2,1H3. The summed E-state index contributed by atoms with van der Waals surface area (Å²) in [5.41, 5.74) is 6.48. The fourth-order valence-electron chi connectivity index (χ4n) is 2.07. The van der Waals surface area contributed by atoms with Gasteiger partial charge in [-0.1, -0.05) is 22.0 Å². The highest BCUT2D eigenvalue weighted by Crippen LogP contribution is 2.34. The van der Waals surface area contributed by atoms with Crippen LogP contribution in [0.4, 0.5) is 5.69 Å². The normalized spacial score (nSPS) is 10.6. The molecule has 0 aliphatic heterocycles. The molecule has 2 N–H and O–H groups in total. The molecule has 0 atom stereocenters. The van der Waals surface area contributed by atoms with Gasteiger partial charge in [0.25, 0.3) is 0 Å². The van der Waals surface area contributed by atoms with Gasteiger partial charge in [0.1, 0.15) is 5.75 Å². The predicted octanol–water partition coefficient (Wildman–Crippen LogP) is 4.38. The summed E-state index contributed by atoms with van der Waals surface area (Å²) < 4.78 is 12.0. The minimum Gasteiger partial charge on any atom is -0.497 e. The van der Waals surface area contributed by atoms with Crippen LogP contribution in [0.2, 0.25) is 0 Å². The van der Waals surface area contributed by atoms with Gasteiger partial charge in [-0.2, -0.15) is 0 Å². The van der Waals surface area contributed by atoms with Crippen LogP contribution in [0.15, 0.2) is 53.1 Å². The van der Waals surface area contributed by atoms with Gasteiger partial charge in [-0.05, 0) is 30.3 Å². The van der Waals surface area contributed by atoms with Crippen LogP contribution in [0.3, 0.4) is 0 Å². The third-order valence-corrected chi connectivity index (χ3v) is 3.83. The van der Waals surface area contributed by atoms with Crippen molar-refractivity contribution in [2.45, 2.75) is 0 Å². The number of hydrogen-bond acceptors (Lipinski definition) is 4. The second-order valence-corrected chi connectivity index (χ2v) is 5.31. The van der Waals surface area contributed by atoms with Crippen molar-refractivity contribution in [1.82, 2.24) is 4.98 Å².